The summed E-state index contributed by atoms with van der Waals surface area (Å²) < 4.78 is 5.76. The summed E-state index contributed by atoms with van der Waals surface area (Å²) in [5, 5.41) is 2.84. The van der Waals surface area contributed by atoms with E-state index in [1.165, 1.54) is 6.08 Å². The molecule has 0 radical (unpaired) electrons. The fourth-order valence-corrected chi connectivity index (χ4v) is 2.16. The molecule has 0 aromatic heterocycles. The van der Waals surface area contributed by atoms with E-state index in [1.807, 2.05) is 30.3 Å². The zero-order chi connectivity index (χ0) is 16.7. The number of carbonyl (C=O) groups is 2. The number of anilines is 1. The molecule has 0 aliphatic carbocycles. The summed E-state index contributed by atoms with van der Waals surface area (Å²) in [6, 6.07) is 14.3. The number of ether oxygens (including phenoxy) is 1. The Balaban J connectivity index is 2.15. The normalized spacial score (nSPS) is 10.5. The summed E-state index contributed by atoms with van der Waals surface area (Å²) in [6.07, 6.45) is 2.96. The van der Waals surface area contributed by atoms with E-state index in [4.69, 9.17) is 4.74 Å². The van der Waals surface area contributed by atoms with Crippen molar-refractivity contribution in [1.29, 1.82) is 0 Å². The standard InChI is InChI=1S/C18H16BrNO3/c1-2-23-17(21)12-9-13-5-3-4-6-16(13)20-18(22)14-7-10-15(19)11-8-14/h3-12H,2H2,1H3,(H,20,22)/b12-9+. The third kappa shape index (κ3) is 5.07. The summed E-state index contributed by atoms with van der Waals surface area (Å²) in [6.45, 7) is 2.07. The number of hydrogen-bond donors (Lipinski definition) is 1. The Morgan fingerprint density at radius 1 is 1.13 bits per heavy atom. The molecule has 4 nitrogen and oxygen atoms in total. The van der Waals surface area contributed by atoms with Crippen LogP contribution in [0.1, 0.15) is 22.8 Å². The average Bonchev–Trinajstić information content (AvgIpc) is 2.55. The molecule has 1 amide bonds. The maximum absolute atomic E-state index is 12.3. The SMILES string of the molecule is CCOC(=O)/C=C/c1ccccc1NC(=O)c1ccc(Br)cc1. The second-order valence-corrected chi connectivity index (χ2v) is 5.55. The first-order chi connectivity index (χ1) is 11.1. The minimum absolute atomic E-state index is 0.213. The molecule has 0 aliphatic rings. The first kappa shape index (κ1) is 17.0. The van der Waals surface area contributed by atoms with Gasteiger partial charge >= 0.3 is 5.97 Å². The molecule has 0 atom stereocenters. The van der Waals surface area contributed by atoms with Crippen LogP contribution in [0.5, 0.6) is 0 Å². The molecule has 2 rings (SSSR count). The topological polar surface area (TPSA) is 55.4 Å². The van der Waals surface area contributed by atoms with Gasteiger partial charge in [-0.05, 0) is 48.9 Å². The number of hydrogen-bond acceptors (Lipinski definition) is 3. The minimum atomic E-state index is -0.415. The highest BCUT2D eigenvalue weighted by Crippen LogP contribution is 2.18. The van der Waals surface area contributed by atoms with Crippen LogP contribution in [0.2, 0.25) is 0 Å². The molecule has 0 saturated heterocycles. The van der Waals surface area contributed by atoms with Gasteiger partial charge in [0.25, 0.3) is 5.91 Å². The van der Waals surface area contributed by atoms with Crippen molar-refractivity contribution in [1.82, 2.24) is 0 Å². The highest BCUT2D eigenvalue weighted by molar-refractivity contribution is 9.10. The van der Waals surface area contributed by atoms with Crippen molar-refractivity contribution in [3.05, 3.63) is 70.2 Å². The third-order valence-electron chi connectivity index (χ3n) is 3.00. The lowest BCUT2D eigenvalue weighted by atomic mass is 10.1. The first-order valence-corrected chi connectivity index (χ1v) is 7.90. The van der Waals surface area contributed by atoms with Gasteiger partial charge < -0.3 is 10.1 Å². The molecule has 0 unspecified atom stereocenters. The van der Waals surface area contributed by atoms with Crippen LogP contribution in [0.4, 0.5) is 5.69 Å². The molecule has 118 valence electrons. The maximum atomic E-state index is 12.3. The smallest absolute Gasteiger partial charge is 0.330 e. The van der Waals surface area contributed by atoms with Crippen LogP contribution in [0.3, 0.4) is 0 Å². The lowest BCUT2D eigenvalue weighted by Crippen LogP contribution is -2.12. The fraction of sp³-hybridized carbons (Fsp3) is 0.111. The Bertz CT molecular complexity index is 723. The van der Waals surface area contributed by atoms with Gasteiger partial charge in [0.2, 0.25) is 0 Å². The number of rotatable bonds is 5. The van der Waals surface area contributed by atoms with Crippen molar-refractivity contribution >= 4 is 39.6 Å². The monoisotopic (exact) mass is 373 g/mol. The van der Waals surface area contributed by atoms with E-state index >= 15 is 0 Å². The molecule has 0 aliphatic heterocycles. The molecular formula is C18H16BrNO3. The van der Waals surface area contributed by atoms with Crippen LogP contribution < -0.4 is 5.32 Å². The van der Waals surface area contributed by atoms with E-state index in [9.17, 15) is 9.59 Å². The summed E-state index contributed by atoms with van der Waals surface area (Å²) in [4.78, 5) is 23.7. The molecule has 5 heteroatoms. The molecule has 23 heavy (non-hydrogen) atoms. The van der Waals surface area contributed by atoms with E-state index in [1.54, 1.807) is 31.2 Å². The van der Waals surface area contributed by atoms with E-state index < -0.39 is 5.97 Å². The maximum Gasteiger partial charge on any atom is 0.330 e. The highest BCUT2D eigenvalue weighted by Gasteiger charge is 2.08. The lowest BCUT2D eigenvalue weighted by molar-refractivity contribution is -0.137. The molecule has 1 N–H and O–H groups in total. The molecule has 2 aromatic rings. The van der Waals surface area contributed by atoms with Crippen molar-refractivity contribution in [2.75, 3.05) is 11.9 Å². The van der Waals surface area contributed by atoms with Crippen LogP contribution in [0, 0.1) is 0 Å². The second-order valence-electron chi connectivity index (χ2n) is 4.63. The zero-order valence-electron chi connectivity index (χ0n) is 12.6. The van der Waals surface area contributed by atoms with Crippen LogP contribution >= 0.6 is 15.9 Å². The van der Waals surface area contributed by atoms with Crippen molar-refractivity contribution in [2.24, 2.45) is 0 Å². The molecular weight excluding hydrogens is 358 g/mol. The average molecular weight is 374 g/mol. The third-order valence-corrected chi connectivity index (χ3v) is 3.53. The van der Waals surface area contributed by atoms with Crippen molar-refractivity contribution in [2.45, 2.75) is 6.92 Å². The summed E-state index contributed by atoms with van der Waals surface area (Å²) >= 11 is 3.34. The molecule has 0 bridgehead atoms. The van der Waals surface area contributed by atoms with Gasteiger partial charge in [-0.15, -0.1) is 0 Å². The number of halogens is 1. The Labute approximate surface area is 143 Å². The van der Waals surface area contributed by atoms with Crippen LogP contribution in [-0.2, 0) is 9.53 Å². The zero-order valence-corrected chi connectivity index (χ0v) is 14.2. The lowest BCUT2D eigenvalue weighted by Gasteiger charge is -2.08. The Morgan fingerprint density at radius 2 is 1.83 bits per heavy atom. The van der Waals surface area contributed by atoms with Gasteiger partial charge in [-0.1, -0.05) is 34.1 Å². The predicted molar refractivity (Wildman–Crippen MR) is 94.2 cm³/mol. The molecule has 2 aromatic carbocycles. The summed E-state index contributed by atoms with van der Waals surface area (Å²) in [5.41, 5.74) is 1.91. The van der Waals surface area contributed by atoms with Crippen LogP contribution in [0.15, 0.2) is 59.1 Å². The van der Waals surface area contributed by atoms with Gasteiger partial charge in [0.05, 0.1) is 6.61 Å². The molecule has 0 spiro atoms. The van der Waals surface area contributed by atoms with Crippen LogP contribution in [0.25, 0.3) is 6.08 Å². The number of carbonyl (C=O) groups excluding carboxylic acids is 2. The molecule has 0 fully saturated rings. The van der Waals surface area contributed by atoms with E-state index in [0.717, 1.165) is 10.0 Å². The molecule has 0 saturated carbocycles. The predicted octanol–water partition coefficient (Wildman–Crippen LogP) is 4.28. The summed E-state index contributed by atoms with van der Waals surface area (Å²) in [5.74, 6) is -0.629. The number of nitrogens with one attached hydrogen (secondary N) is 1. The number of benzene rings is 2. The van der Waals surface area contributed by atoms with E-state index in [-0.39, 0.29) is 5.91 Å². The first-order valence-electron chi connectivity index (χ1n) is 7.11. The summed E-state index contributed by atoms with van der Waals surface area (Å²) in [7, 11) is 0. The van der Waals surface area contributed by atoms with Gasteiger partial charge in [-0.25, -0.2) is 4.79 Å². The Hall–Kier alpha value is -2.40. The molecule has 0 heterocycles. The van der Waals surface area contributed by atoms with Gasteiger partial charge in [-0.3, -0.25) is 4.79 Å². The van der Waals surface area contributed by atoms with Gasteiger partial charge in [0, 0.05) is 21.8 Å². The van der Waals surface area contributed by atoms with E-state index in [2.05, 4.69) is 21.2 Å². The number of para-hydroxylation sites is 1. The van der Waals surface area contributed by atoms with Gasteiger partial charge in [0.15, 0.2) is 0 Å². The highest BCUT2D eigenvalue weighted by atomic mass is 79.9. The number of amides is 1. The van der Waals surface area contributed by atoms with Gasteiger partial charge in [-0.2, -0.15) is 0 Å². The largest absolute Gasteiger partial charge is 0.463 e. The Kier molecular flexibility index (Phi) is 6.11. The quantitative estimate of drug-likeness (QED) is 0.628. The van der Waals surface area contributed by atoms with E-state index in [0.29, 0.717) is 17.9 Å². The van der Waals surface area contributed by atoms with Crippen molar-refractivity contribution in [3.8, 4) is 0 Å². The van der Waals surface area contributed by atoms with Crippen molar-refractivity contribution < 1.29 is 14.3 Å². The Morgan fingerprint density at radius 3 is 2.52 bits per heavy atom. The van der Waals surface area contributed by atoms with Gasteiger partial charge in [0.1, 0.15) is 0 Å². The minimum Gasteiger partial charge on any atom is -0.463 e. The number of esters is 1. The van der Waals surface area contributed by atoms with Crippen molar-refractivity contribution in [3.63, 3.8) is 0 Å². The second kappa shape index (κ2) is 8.29. The van der Waals surface area contributed by atoms with Crippen LogP contribution in [-0.4, -0.2) is 18.5 Å². The fourth-order valence-electron chi connectivity index (χ4n) is 1.90.